The molecule has 25 heavy (non-hydrogen) atoms. The number of carbonyl (C=O) groups is 1. The highest BCUT2D eigenvalue weighted by Crippen LogP contribution is 2.44. The van der Waals surface area contributed by atoms with Crippen LogP contribution in [0.15, 0.2) is 12.5 Å². The first-order valence-electron chi connectivity index (χ1n) is 8.94. The summed E-state index contributed by atoms with van der Waals surface area (Å²) >= 11 is 6.05. The van der Waals surface area contributed by atoms with Crippen molar-refractivity contribution in [2.24, 2.45) is 17.8 Å². The van der Waals surface area contributed by atoms with E-state index in [2.05, 4.69) is 20.4 Å². The number of ether oxygens (including phenoxy) is 1. The predicted octanol–water partition coefficient (Wildman–Crippen LogP) is 2.95. The van der Waals surface area contributed by atoms with Gasteiger partial charge in [-0.05, 0) is 49.6 Å². The highest BCUT2D eigenvalue weighted by atomic mass is 35.5. The molecule has 134 valence electrons. The van der Waals surface area contributed by atoms with Crippen LogP contribution in [-0.4, -0.2) is 38.2 Å². The van der Waals surface area contributed by atoms with Gasteiger partial charge in [0.25, 0.3) is 0 Å². The van der Waals surface area contributed by atoms with Crippen LogP contribution in [0.1, 0.15) is 39.0 Å². The smallest absolute Gasteiger partial charge is 0.311 e. The van der Waals surface area contributed by atoms with Crippen molar-refractivity contribution >= 4 is 28.9 Å². The van der Waals surface area contributed by atoms with Crippen molar-refractivity contribution in [1.29, 1.82) is 0 Å². The van der Waals surface area contributed by atoms with E-state index in [4.69, 9.17) is 16.3 Å². The lowest BCUT2D eigenvalue weighted by Crippen LogP contribution is -2.48. The Hall–Kier alpha value is -1.89. The van der Waals surface area contributed by atoms with Crippen molar-refractivity contribution in [2.75, 3.05) is 11.9 Å². The van der Waals surface area contributed by atoms with E-state index in [1.165, 1.54) is 12.8 Å². The predicted molar refractivity (Wildman–Crippen MR) is 93.4 cm³/mol. The molecular weight excluding hydrogens is 342 g/mol. The number of esters is 1. The quantitative estimate of drug-likeness (QED) is 0.841. The normalized spacial score (nSPS) is 28.7. The molecule has 2 unspecified atom stereocenters. The van der Waals surface area contributed by atoms with Crippen molar-refractivity contribution < 1.29 is 9.53 Å². The maximum atomic E-state index is 12.6. The minimum Gasteiger partial charge on any atom is -0.466 e. The average Bonchev–Trinajstić information content (AvgIpc) is 3.06. The Balaban J connectivity index is 1.66. The first-order chi connectivity index (χ1) is 12.2. The second-order valence-electron chi connectivity index (χ2n) is 7.01. The maximum Gasteiger partial charge on any atom is 0.311 e. The molecule has 2 fully saturated rings. The largest absolute Gasteiger partial charge is 0.466 e. The van der Waals surface area contributed by atoms with Crippen LogP contribution in [-0.2, 0) is 9.53 Å². The summed E-state index contributed by atoms with van der Waals surface area (Å²) in [5.41, 5.74) is 0.755. The van der Waals surface area contributed by atoms with Crippen LogP contribution in [0.25, 0.3) is 5.52 Å². The summed E-state index contributed by atoms with van der Waals surface area (Å²) in [6.07, 6.45) is 8.88. The summed E-state index contributed by atoms with van der Waals surface area (Å²) in [4.78, 5) is 21.0. The molecular formula is C17H22ClN5O2. The van der Waals surface area contributed by atoms with Crippen molar-refractivity contribution in [3.05, 3.63) is 17.8 Å². The second kappa shape index (κ2) is 6.78. The molecule has 4 rings (SSSR count). The van der Waals surface area contributed by atoms with Crippen LogP contribution < -0.4 is 5.32 Å². The molecule has 2 aromatic rings. The highest BCUT2D eigenvalue weighted by Gasteiger charge is 2.44. The fourth-order valence-electron chi connectivity index (χ4n) is 4.48. The highest BCUT2D eigenvalue weighted by molar-refractivity contribution is 6.28. The average molecular weight is 364 g/mol. The molecule has 0 aromatic carbocycles. The first-order valence-corrected chi connectivity index (χ1v) is 9.32. The third-order valence-electron chi connectivity index (χ3n) is 5.50. The summed E-state index contributed by atoms with van der Waals surface area (Å²) in [5.74, 6) is 1.43. The number of nitrogens with one attached hydrogen (secondary N) is 1. The van der Waals surface area contributed by atoms with Crippen molar-refractivity contribution in [3.63, 3.8) is 0 Å². The molecule has 0 spiro atoms. The van der Waals surface area contributed by atoms with E-state index < -0.39 is 0 Å². The van der Waals surface area contributed by atoms with Crippen LogP contribution in [0.3, 0.4) is 0 Å². The van der Waals surface area contributed by atoms with Crippen molar-refractivity contribution in [1.82, 2.24) is 19.6 Å². The zero-order valence-electron chi connectivity index (χ0n) is 14.2. The van der Waals surface area contributed by atoms with Gasteiger partial charge >= 0.3 is 5.97 Å². The van der Waals surface area contributed by atoms with Crippen LogP contribution >= 0.6 is 11.6 Å². The van der Waals surface area contributed by atoms with Gasteiger partial charge in [-0.25, -0.2) is 9.50 Å². The van der Waals surface area contributed by atoms with Crippen LogP contribution in [0.2, 0.25) is 5.28 Å². The number of imidazole rings is 1. The van der Waals surface area contributed by atoms with Crippen LogP contribution in [0, 0.1) is 17.8 Å². The van der Waals surface area contributed by atoms with Gasteiger partial charge in [0.15, 0.2) is 5.82 Å². The summed E-state index contributed by atoms with van der Waals surface area (Å²) in [7, 11) is 0. The molecule has 7 nitrogen and oxygen atoms in total. The number of nitrogens with zero attached hydrogens (tertiary/aromatic N) is 4. The summed E-state index contributed by atoms with van der Waals surface area (Å²) in [6.45, 7) is 2.26. The van der Waals surface area contributed by atoms with Gasteiger partial charge in [-0.15, -0.1) is 5.10 Å². The van der Waals surface area contributed by atoms with E-state index in [0.717, 1.165) is 24.8 Å². The van der Waals surface area contributed by atoms with Gasteiger partial charge in [0.2, 0.25) is 5.28 Å². The van der Waals surface area contributed by atoms with Gasteiger partial charge in [0.05, 0.1) is 18.7 Å². The van der Waals surface area contributed by atoms with E-state index >= 15 is 0 Å². The number of halogens is 1. The number of hydrogen-bond donors (Lipinski definition) is 1. The van der Waals surface area contributed by atoms with Crippen molar-refractivity contribution in [3.8, 4) is 0 Å². The number of fused-ring (bicyclic) bond motifs is 3. The van der Waals surface area contributed by atoms with E-state index in [1.807, 2.05) is 6.92 Å². The number of aromatic nitrogens is 4. The van der Waals surface area contributed by atoms with E-state index in [0.29, 0.717) is 24.3 Å². The molecule has 0 saturated heterocycles. The molecule has 2 saturated carbocycles. The Bertz CT molecular complexity index is 779. The van der Waals surface area contributed by atoms with Gasteiger partial charge in [0, 0.05) is 6.04 Å². The molecule has 0 aliphatic heterocycles. The summed E-state index contributed by atoms with van der Waals surface area (Å²) in [5, 5.41) is 7.76. The monoisotopic (exact) mass is 363 g/mol. The van der Waals surface area contributed by atoms with E-state index in [9.17, 15) is 4.79 Å². The topological polar surface area (TPSA) is 81.4 Å². The molecule has 2 aliphatic rings. The molecule has 2 heterocycles. The standard InChI is InChI=1S/C17H22ClN5O2/c1-2-25-16(24)12-7-10-4-3-5-11(6-10)14(12)20-15-13-8-19-9-23(13)22-17(18)21-15/h8-12,14H,2-7H2,1H3,(H,20,21,22)/t10?,11?,12-,14-/m0/s1. The van der Waals surface area contributed by atoms with Gasteiger partial charge in [-0.2, -0.15) is 4.98 Å². The summed E-state index contributed by atoms with van der Waals surface area (Å²) in [6, 6.07) is 0.000247. The number of carbonyl (C=O) groups excluding carboxylic acids is 1. The molecule has 1 N–H and O–H groups in total. The molecule has 0 amide bonds. The molecule has 2 aromatic heterocycles. The minimum atomic E-state index is -0.152. The SMILES string of the molecule is CCOC(=O)[C@H]1CC2CCCC(C2)[C@@H]1Nc1nc(Cl)nn2cncc12. The lowest BCUT2D eigenvalue weighted by atomic mass is 9.65. The zero-order chi connectivity index (χ0) is 17.4. The number of hydrogen-bond acceptors (Lipinski definition) is 6. The Morgan fingerprint density at radius 1 is 1.44 bits per heavy atom. The molecule has 2 bridgehead atoms. The summed E-state index contributed by atoms with van der Waals surface area (Å²) < 4.78 is 6.96. The Labute approximate surface area is 151 Å². The lowest BCUT2D eigenvalue weighted by molar-refractivity contribution is -0.151. The van der Waals surface area contributed by atoms with Gasteiger partial charge in [0.1, 0.15) is 11.8 Å². The van der Waals surface area contributed by atoms with E-state index in [1.54, 1.807) is 17.0 Å². The minimum absolute atomic E-state index is 0.000247. The zero-order valence-corrected chi connectivity index (χ0v) is 14.9. The fraction of sp³-hybridized carbons (Fsp3) is 0.647. The molecule has 8 heteroatoms. The molecule has 4 atom stereocenters. The second-order valence-corrected chi connectivity index (χ2v) is 7.35. The Morgan fingerprint density at radius 3 is 3.16 bits per heavy atom. The van der Waals surface area contributed by atoms with Gasteiger partial charge in [-0.3, -0.25) is 4.79 Å². The third kappa shape index (κ3) is 3.17. The number of rotatable bonds is 4. The lowest BCUT2D eigenvalue weighted by Gasteiger charge is -2.44. The Kier molecular flexibility index (Phi) is 4.50. The van der Waals surface area contributed by atoms with Crippen LogP contribution in [0.5, 0.6) is 0 Å². The van der Waals surface area contributed by atoms with Crippen LogP contribution in [0.4, 0.5) is 5.82 Å². The number of anilines is 1. The van der Waals surface area contributed by atoms with Crippen molar-refractivity contribution in [2.45, 2.75) is 45.1 Å². The maximum absolute atomic E-state index is 12.6. The third-order valence-corrected chi connectivity index (χ3v) is 5.66. The van der Waals surface area contributed by atoms with Gasteiger partial charge in [-0.1, -0.05) is 12.8 Å². The fourth-order valence-corrected chi connectivity index (χ4v) is 4.65. The Morgan fingerprint density at radius 2 is 2.32 bits per heavy atom. The molecule has 0 radical (unpaired) electrons. The first kappa shape index (κ1) is 16.6. The van der Waals surface area contributed by atoms with E-state index in [-0.39, 0.29) is 23.2 Å². The molecule has 2 aliphatic carbocycles. The van der Waals surface area contributed by atoms with Gasteiger partial charge < -0.3 is 10.1 Å².